The van der Waals surface area contributed by atoms with Crippen LogP contribution in [0.25, 0.3) is 0 Å². The van der Waals surface area contributed by atoms with Crippen molar-refractivity contribution in [1.29, 1.82) is 5.26 Å². The van der Waals surface area contributed by atoms with Gasteiger partial charge in [-0.1, -0.05) is 6.92 Å². The summed E-state index contributed by atoms with van der Waals surface area (Å²) in [5, 5.41) is 12.7. The molecule has 1 saturated heterocycles. The van der Waals surface area contributed by atoms with Crippen molar-refractivity contribution in [2.24, 2.45) is 0 Å². The molecule has 1 aliphatic heterocycles. The first-order valence-corrected chi connectivity index (χ1v) is 8.52. The second-order valence-electron chi connectivity index (χ2n) is 6.78. The third-order valence-corrected chi connectivity index (χ3v) is 4.03. The van der Waals surface area contributed by atoms with E-state index >= 15 is 0 Å². The van der Waals surface area contributed by atoms with Crippen molar-refractivity contribution in [2.75, 3.05) is 26.2 Å². The Morgan fingerprint density at radius 2 is 2.24 bits per heavy atom. The highest BCUT2D eigenvalue weighted by Gasteiger charge is 2.25. The number of piperidine rings is 1. The molecule has 1 heterocycles. The molecule has 122 valence electrons. The van der Waals surface area contributed by atoms with E-state index in [1.807, 2.05) is 6.92 Å². The van der Waals surface area contributed by atoms with Gasteiger partial charge in [-0.05, 0) is 66.0 Å². The highest BCUT2D eigenvalue weighted by atomic mass is 16.5. The van der Waals surface area contributed by atoms with Gasteiger partial charge in [0, 0.05) is 19.2 Å². The summed E-state index contributed by atoms with van der Waals surface area (Å²) in [6, 6.07) is 2.77. The summed E-state index contributed by atoms with van der Waals surface area (Å²) in [4.78, 5) is 2.50. The molecule has 0 spiro atoms. The summed E-state index contributed by atoms with van der Waals surface area (Å²) in [6.07, 6.45) is 5.89. The van der Waals surface area contributed by atoms with Crippen LogP contribution in [0.1, 0.15) is 59.8 Å². The van der Waals surface area contributed by atoms with E-state index in [0.29, 0.717) is 12.1 Å². The molecule has 0 bridgehead atoms. The van der Waals surface area contributed by atoms with E-state index < -0.39 is 5.54 Å². The van der Waals surface area contributed by atoms with Crippen molar-refractivity contribution in [3.05, 3.63) is 0 Å². The van der Waals surface area contributed by atoms with Crippen LogP contribution in [0.5, 0.6) is 0 Å². The first-order chi connectivity index (χ1) is 9.99. The molecular weight excluding hydrogens is 262 g/mol. The fourth-order valence-corrected chi connectivity index (χ4v) is 3.09. The van der Waals surface area contributed by atoms with E-state index in [2.05, 4.69) is 37.1 Å². The van der Waals surface area contributed by atoms with Crippen molar-refractivity contribution in [1.82, 2.24) is 10.2 Å². The van der Waals surface area contributed by atoms with Gasteiger partial charge in [0.15, 0.2) is 0 Å². The number of likely N-dealkylation sites (tertiary alicyclic amines) is 1. The van der Waals surface area contributed by atoms with Gasteiger partial charge >= 0.3 is 0 Å². The Balaban J connectivity index is 2.29. The van der Waals surface area contributed by atoms with Crippen LogP contribution in [0.3, 0.4) is 0 Å². The SMILES string of the molecule is CCCOC1CCCN(CCCC(C)(C#N)NC(C)C)C1. The third kappa shape index (κ3) is 7.26. The Bertz CT molecular complexity index is 326. The predicted molar refractivity (Wildman–Crippen MR) is 87.2 cm³/mol. The molecule has 4 heteroatoms. The van der Waals surface area contributed by atoms with Crippen molar-refractivity contribution < 1.29 is 4.74 Å². The number of nitrogens with one attached hydrogen (secondary N) is 1. The molecule has 0 aromatic carbocycles. The van der Waals surface area contributed by atoms with Gasteiger partial charge in [-0.15, -0.1) is 0 Å². The lowest BCUT2D eigenvalue weighted by Crippen LogP contribution is -2.46. The average Bonchev–Trinajstić information content (AvgIpc) is 2.45. The van der Waals surface area contributed by atoms with E-state index in [0.717, 1.165) is 39.0 Å². The second-order valence-corrected chi connectivity index (χ2v) is 6.78. The van der Waals surface area contributed by atoms with Crippen LogP contribution >= 0.6 is 0 Å². The number of nitrogens with zero attached hydrogens (tertiary/aromatic N) is 2. The van der Waals surface area contributed by atoms with Gasteiger partial charge in [0.2, 0.25) is 0 Å². The first kappa shape index (κ1) is 18.4. The summed E-state index contributed by atoms with van der Waals surface area (Å²) >= 11 is 0. The Morgan fingerprint density at radius 3 is 2.86 bits per heavy atom. The minimum absolute atomic E-state index is 0.344. The Morgan fingerprint density at radius 1 is 1.48 bits per heavy atom. The van der Waals surface area contributed by atoms with Gasteiger partial charge in [0.05, 0.1) is 12.2 Å². The normalized spacial score (nSPS) is 23.0. The minimum Gasteiger partial charge on any atom is -0.377 e. The van der Waals surface area contributed by atoms with E-state index in [1.165, 1.54) is 19.4 Å². The number of hydrogen-bond donors (Lipinski definition) is 1. The van der Waals surface area contributed by atoms with Crippen LogP contribution in [0.4, 0.5) is 0 Å². The van der Waals surface area contributed by atoms with E-state index in [1.54, 1.807) is 0 Å². The third-order valence-electron chi connectivity index (χ3n) is 4.03. The van der Waals surface area contributed by atoms with Gasteiger partial charge in [-0.3, -0.25) is 5.32 Å². The van der Waals surface area contributed by atoms with Gasteiger partial charge in [-0.2, -0.15) is 5.26 Å². The van der Waals surface area contributed by atoms with Crippen molar-refractivity contribution >= 4 is 0 Å². The Hall–Kier alpha value is -0.630. The molecule has 0 saturated carbocycles. The minimum atomic E-state index is -0.401. The molecule has 1 aliphatic rings. The monoisotopic (exact) mass is 295 g/mol. The van der Waals surface area contributed by atoms with E-state index in [9.17, 15) is 5.26 Å². The molecule has 2 atom stereocenters. The predicted octanol–water partition coefficient (Wildman–Crippen LogP) is 2.94. The highest BCUT2D eigenvalue weighted by molar-refractivity contribution is 5.04. The molecule has 2 unspecified atom stereocenters. The van der Waals surface area contributed by atoms with Gasteiger partial charge in [0.25, 0.3) is 0 Å². The lowest BCUT2D eigenvalue weighted by molar-refractivity contribution is -0.000604. The van der Waals surface area contributed by atoms with E-state index in [4.69, 9.17) is 4.74 Å². The maximum Gasteiger partial charge on any atom is 0.104 e. The smallest absolute Gasteiger partial charge is 0.104 e. The highest BCUT2D eigenvalue weighted by Crippen LogP contribution is 2.17. The number of nitriles is 1. The average molecular weight is 295 g/mol. The molecule has 0 aromatic heterocycles. The maximum absolute atomic E-state index is 9.36. The molecule has 1 rings (SSSR count). The number of ether oxygens (including phenoxy) is 1. The van der Waals surface area contributed by atoms with Gasteiger partial charge < -0.3 is 9.64 Å². The number of rotatable bonds is 9. The number of hydrogen-bond acceptors (Lipinski definition) is 4. The van der Waals surface area contributed by atoms with Crippen LogP contribution < -0.4 is 5.32 Å². The van der Waals surface area contributed by atoms with Crippen LogP contribution in [0, 0.1) is 11.3 Å². The van der Waals surface area contributed by atoms with Crippen molar-refractivity contribution in [3.63, 3.8) is 0 Å². The summed E-state index contributed by atoms with van der Waals surface area (Å²) in [5.41, 5.74) is -0.401. The van der Waals surface area contributed by atoms with Crippen LogP contribution in [0.15, 0.2) is 0 Å². The fourth-order valence-electron chi connectivity index (χ4n) is 3.09. The Kier molecular flexibility index (Phi) is 8.24. The van der Waals surface area contributed by atoms with Gasteiger partial charge in [0.1, 0.15) is 5.54 Å². The lowest BCUT2D eigenvalue weighted by Gasteiger charge is -2.33. The summed E-state index contributed by atoms with van der Waals surface area (Å²) < 4.78 is 5.88. The zero-order valence-electron chi connectivity index (χ0n) is 14.3. The molecule has 21 heavy (non-hydrogen) atoms. The summed E-state index contributed by atoms with van der Waals surface area (Å²) in [7, 11) is 0. The fraction of sp³-hybridized carbons (Fsp3) is 0.941. The molecule has 0 aromatic rings. The van der Waals surface area contributed by atoms with E-state index in [-0.39, 0.29) is 0 Å². The zero-order valence-corrected chi connectivity index (χ0v) is 14.3. The van der Waals surface area contributed by atoms with Crippen molar-refractivity contribution in [2.45, 2.75) is 77.5 Å². The Labute approximate surface area is 130 Å². The van der Waals surface area contributed by atoms with Crippen LogP contribution in [0.2, 0.25) is 0 Å². The standard InChI is InChI=1S/C17H33N3O/c1-5-12-21-16-8-6-10-20(13-16)11-7-9-17(4,14-18)19-15(2)3/h15-16,19H,5-13H2,1-4H3. The largest absolute Gasteiger partial charge is 0.377 e. The van der Waals surface area contributed by atoms with Crippen LogP contribution in [-0.2, 0) is 4.74 Å². The molecule has 0 aliphatic carbocycles. The molecule has 1 fully saturated rings. The molecule has 4 nitrogen and oxygen atoms in total. The molecule has 0 radical (unpaired) electrons. The topological polar surface area (TPSA) is 48.3 Å². The van der Waals surface area contributed by atoms with Crippen LogP contribution in [-0.4, -0.2) is 48.8 Å². The first-order valence-electron chi connectivity index (χ1n) is 8.52. The maximum atomic E-state index is 9.36. The summed E-state index contributed by atoms with van der Waals surface area (Å²) in [5.74, 6) is 0. The van der Waals surface area contributed by atoms with Crippen molar-refractivity contribution in [3.8, 4) is 6.07 Å². The molecule has 0 amide bonds. The van der Waals surface area contributed by atoms with Gasteiger partial charge in [-0.25, -0.2) is 0 Å². The molecular formula is C17H33N3O. The second kappa shape index (κ2) is 9.40. The summed E-state index contributed by atoms with van der Waals surface area (Å²) in [6.45, 7) is 12.5. The molecule has 1 N–H and O–H groups in total. The quantitative estimate of drug-likeness (QED) is 0.710. The lowest BCUT2D eigenvalue weighted by atomic mass is 9.96. The zero-order chi connectivity index (χ0) is 15.7.